The third-order valence-corrected chi connectivity index (χ3v) is 8.81. The smallest absolute Gasteiger partial charge is 0.217 e. The fourth-order valence-corrected chi connectivity index (χ4v) is 7.74. The molecule has 0 amide bonds. The molecule has 0 unspecified atom stereocenters. The van der Waals surface area contributed by atoms with Crippen LogP contribution in [0.15, 0.2) is 0 Å². The van der Waals surface area contributed by atoms with Gasteiger partial charge in [0.15, 0.2) is 0 Å². The first-order chi connectivity index (χ1) is 9.37. The van der Waals surface area contributed by atoms with E-state index in [1.807, 2.05) is 0 Å². The molecule has 0 N–H and O–H groups in total. The Labute approximate surface area is 130 Å². The summed E-state index contributed by atoms with van der Waals surface area (Å²) in [5.41, 5.74) is 0. The zero-order chi connectivity index (χ0) is 14.8. The number of sulfone groups is 1. The lowest BCUT2D eigenvalue weighted by Crippen LogP contribution is -2.47. The van der Waals surface area contributed by atoms with Gasteiger partial charge < -0.3 is 0 Å². The molecule has 0 spiro atoms. The summed E-state index contributed by atoms with van der Waals surface area (Å²) < 4.78 is 50.1. The summed E-state index contributed by atoms with van der Waals surface area (Å²) in [6.45, 7) is 0.482. The van der Waals surface area contributed by atoms with E-state index in [2.05, 4.69) is 15.9 Å². The third kappa shape index (κ3) is 3.75. The Hall–Kier alpha value is 0.340. The zero-order valence-corrected chi connectivity index (χ0v) is 14.7. The van der Waals surface area contributed by atoms with E-state index in [1.165, 1.54) is 0 Å². The Kier molecular flexibility index (Phi) is 5.53. The molecule has 0 bridgehead atoms. The summed E-state index contributed by atoms with van der Waals surface area (Å²) in [6.07, 6.45) is 4.51. The van der Waals surface area contributed by atoms with Crippen molar-refractivity contribution in [3.63, 3.8) is 0 Å². The van der Waals surface area contributed by atoms with Crippen LogP contribution < -0.4 is 0 Å². The van der Waals surface area contributed by atoms with Crippen LogP contribution in [0.4, 0.5) is 0 Å². The number of hydrogen-bond acceptors (Lipinski definition) is 4. The van der Waals surface area contributed by atoms with Crippen molar-refractivity contribution in [3.05, 3.63) is 0 Å². The second kappa shape index (κ2) is 6.62. The molecule has 2 rings (SSSR count). The Balaban J connectivity index is 2.13. The monoisotopic (exact) mass is 387 g/mol. The lowest BCUT2D eigenvalue weighted by Gasteiger charge is -2.33. The van der Waals surface area contributed by atoms with E-state index in [0.29, 0.717) is 11.9 Å². The quantitative estimate of drug-likeness (QED) is 0.670. The van der Waals surface area contributed by atoms with Crippen molar-refractivity contribution >= 4 is 35.8 Å². The second-order valence-electron chi connectivity index (χ2n) is 5.63. The SMILES string of the molecule is O=S1(=O)CCC(S(=O)(=O)N(CCBr)C2CCCC2)CC1. The van der Waals surface area contributed by atoms with E-state index in [-0.39, 0.29) is 30.4 Å². The predicted octanol–water partition coefficient (Wildman–Crippen LogP) is 1.53. The third-order valence-electron chi connectivity index (χ3n) is 4.29. The highest BCUT2D eigenvalue weighted by Crippen LogP contribution is 2.30. The van der Waals surface area contributed by atoms with E-state index >= 15 is 0 Å². The van der Waals surface area contributed by atoms with Gasteiger partial charge in [0.2, 0.25) is 10.0 Å². The number of alkyl halides is 1. The first kappa shape index (κ1) is 16.7. The number of halogens is 1. The summed E-state index contributed by atoms with van der Waals surface area (Å²) in [6, 6.07) is 0.107. The van der Waals surface area contributed by atoms with Gasteiger partial charge in [-0.3, -0.25) is 0 Å². The van der Waals surface area contributed by atoms with Crippen molar-refractivity contribution in [2.45, 2.75) is 49.8 Å². The van der Waals surface area contributed by atoms with E-state index in [1.54, 1.807) is 4.31 Å². The van der Waals surface area contributed by atoms with Crippen LogP contribution in [0.25, 0.3) is 0 Å². The summed E-state index contributed by atoms with van der Waals surface area (Å²) in [5.74, 6) is 0.00737. The lowest BCUT2D eigenvalue weighted by atomic mass is 10.2. The van der Waals surface area contributed by atoms with E-state index in [9.17, 15) is 16.8 Å². The average Bonchev–Trinajstić information content (AvgIpc) is 2.88. The molecule has 2 fully saturated rings. The maximum Gasteiger partial charge on any atom is 0.217 e. The topological polar surface area (TPSA) is 71.5 Å². The van der Waals surface area contributed by atoms with Crippen molar-refractivity contribution in [2.24, 2.45) is 0 Å². The molecule has 1 aliphatic heterocycles. The minimum atomic E-state index is -3.38. The van der Waals surface area contributed by atoms with Gasteiger partial charge in [-0.1, -0.05) is 28.8 Å². The van der Waals surface area contributed by atoms with Crippen molar-refractivity contribution in [3.8, 4) is 0 Å². The number of hydrogen-bond donors (Lipinski definition) is 0. The Bertz CT molecular complexity index is 512. The van der Waals surface area contributed by atoms with Crippen molar-refractivity contribution in [1.82, 2.24) is 4.31 Å². The number of sulfonamides is 1. The fraction of sp³-hybridized carbons (Fsp3) is 1.00. The predicted molar refractivity (Wildman–Crippen MR) is 83.4 cm³/mol. The van der Waals surface area contributed by atoms with Crippen molar-refractivity contribution in [2.75, 3.05) is 23.4 Å². The lowest BCUT2D eigenvalue weighted by molar-refractivity contribution is 0.331. The fourth-order valence-electron chi connectivity index (χ4n) is 3.15. The van der Waals surface area contributed by atoms with Gasteiger partial charge in [-0.05, 0) is 25.7 Å². The van der Waals surface area contributed by atoms with E-state index in [4.69, 9.17) is 0 Å². The minimum Gasteiger partial charge on any atom is -0.229 e. The number of nitrogens with zero attached hydrogens (tertiary/aromatic N) is 1. The molecule has 2 aliphatic rings. The Morgan fingerprint density at radius 1 is 1.05 bits per heavy atom. The van der Waals surface area contributed by atoms with Crippen LogP contribution in [0.3, 0.4) is 0 Å². The van der Waals surface area contributed by atoms with Gasteiger partial charge in [0.25, 0.3) is 0 Å². The molecule has 0 radical (unpaired) electrons. The molecule has 0 aromatic carbocycles. The minimum absolute atomic E-state index is 0.00369. The molecule has 20 heavy (non-hydrogen) atoms. The van der Waals surface area contributed by atoms with Crippen LogP contribution in [-0.4, -0.2) is 55.8 Å². The van der Waals surface area contributed by atoms with Crippen LogP contribution in [0.2, 0.25) is 0 Å². The van der Waals surface area contributed by atoms with Gasteiger partial charge in [0.05, 0.1) is 16.8 Å². The van der Waals surface area contributed by atoms with E-state index < -0.39 is 25.1 Å². The highest BCUT2D eigenvalue weighted by Gasteiger charge is 2.39. The molecule has 0 aromatic rings. The largest absolute Gasteiger partial charge is 0.229 e. The van der Waals surface area contributed by atoms with Crippen LogP contribution in [-0.2, 0) is 19.9 Å². The first-order valence-corrected chi connectivity index (χ1v) is 11.6. The van der Waals surface area contributed by atoms with Gasteiger partial charge in [-0.15, -0.1) is 0 Å². The number of rotatable bonds is 5. The molecule has 8 heteroatoms. The molecule has 0 aromatic heterocycles. The van der Waals surface area contributed by atoms with Crippen molar-refractivity contribution in [1.29, 1.82) is 0 Å². The average molecular weight is 388 g/mol. The van der Waals surface area contributed by atoms with Gasteiger partial charge in [-0.2, -0.15) is 4.31 Å². The Morgan fingerprint density at radius 2 is 1.60 bits per heavy atom. The molecule has 1 saturated heterocycles. The molecule has 1 saturated carbocycles. The maximum atomic E-state index is 12.8. The molecule has 1 heterocycles. The summed E-state index contributed by atoms with van der Waals surface area (Å²) in [5, 5.41) is 0.0963. The first-order valence-electron chi connectivity index (χ1n) is 7.14. The van der Waals surface area contributed by atoms with Gasteiger partial charge in [0, 0.05) is 17.9 Å². The molecule has 5 nitrogen and oxygen atoms in total. The molecule has 118 valence electrons. The van der Waals surface area contributed by atoms with Crippen LogP contribution in [0.5, 0.6) is 0 Å². The van der Waals surface area contributed by atoms with Crippen molar-refractivity contribution < 1.29 is 16.8 Å². The standard InChI is InChI=1S/C12H22BrNO4S2/c13-7-8-14(11-3-1-2-4-11)20(17,18)12-5-9-19(15,16)10-6-12/h11-12H,1-10H2. The maximum absolute atomic E-state index is 12.8. The normalized spacial score (nSPS) is 25.3. The van der Waals surface area contributed by atoms with E-state index in [0.717, 1.165) is 25.7 Å². The summed E-state index contributed by atoms with van der Waals surface area (Å²) in [7, 11) is -6.41. The summed E-state index contributed by atoms with van der Waals surface area (Å²) in [4.78, 5) is 0. The Morgan fingerprint density at radius 3 is 2.10 bits per heavy atom. The van der Waals surface area contributed by atoms with Gasteiger partial charge in [-0.25, -0.2) is 16.8 Å². The molecular weight excluding hydrogens is 366 g/mol. The molecule has 0 atom stereocenters. The van der Waals surface area contributed by atoms with Crippen LogP contribution in [0, 0.1) is 0 Å². The molecular formula is C12H22BrNO4S2. The van der Waals surface area contributed by atoms with Gasteiger partial charge >= 0.3 is 0 Å². The summed E-state index contributed by atoms with van der Waals surface area (Å²) >= 11 is 3.33. The molecule has 1 aliphatic carbocycles. The second-order valence-corrected chi connectivity index (χ2v) is 10.9. The van der Waals surface area contributed by atoms with Crippen LogP contribution in [0.1, 0.15) is 38.5 Å². The highest BCUT2D eigenvalue weighted by atomic mass is 79.9. The van der Waals surface area contributed by atoms with Gasteiger partial charge in [0.1, 0.15) is 9.84 Å². The van der Waals surface area contributed by atoms with Crippen LogP contribution >= 0.6 is 15.9 Å². The highest BCUT2D eigenvalue weighted by molar-refractivity contribution is 9.09. The zero-order valence-electron chi connectivity index (χ0n) is 11.5.